The van der Waals surface area contributed by atoms with Crippen molar-refractivity contribution >= 4 is 17.4 Å². The van der Waals surface area contributed by atoms with E-state index in [2.05, 4.69) is 36.1 Å². The van der Waals surface area contributed by atoms with Crippen LogP contribution in [0, 0.1) is 0 Å². The van der Waals surface area contributed by atoms with Gasteiger partial charge in [-0.2, -0.15) is 0 Å². The molecule has 8 nitrogen and oxygen atoms in total. The molecule has 32 heavy (non-hydrogen) atoms. The van der Waals surface area contributed by atoms with Gasteiger partial charge in [0.05, 0.1) is 23.5 Å². The van der Waals surface area contributed by atoms with Crippen molar-refractivity contribution in [2.45, 2.75) is 39.5 Å². The SMILES string of the molecule is CCCc1cc2c(cc1CCC)-n1c(nn(C)c1=O)-c1cccnc1N2C(=O)CN(C)C. The summed E-state index contributed by atoms with van der Waals surface area (Å²) in [5.74, 6) is 0.882. The first kappa shape index (κ1) is 22.0. The van der Waals surface area contributed by atoms with Crippen molar-refractivity contribution in [2.24, 2.45) is 7.05 Å². The molecule has 0 unspecified atom stereocenters. The summed E-state index contributed by atoms with van der Waals surface area (Å²) in [4.78, 5) is 34.8. The first-order valence-corrected chi connectivity index (χ1v) is 11.1. The Labute approximate surface area is 188 Å². The molecule has 0 aliphatic carbocycles. The van der Waals surface area contributed by atoms with Gasteiger partial charge in [-0.15, -0.1) is 5.10 Å². The second-order valence-corrected chi connectivity index (χ2v) is 8.52. The maximum atomic E-state index is 13.5. The Hall–Kier alpha value is -3.26. The molecule has 0 bridgehead atoms. The van der Waals surface area contributed by atoms with Gasteiger partial charge >= 0.3 is 5.69 Å². The van der Waals surface area contributed by atoms with Crippen molar-refractivity contribution in [3.63, 3.8) is 0 Å². The number of rotatable bonds is 6. The second kappa shape index (κ2) is 8.70. The normalized spacial score (nSPS) is 12.4. The number of benzene rings is 1. The van der Waals surface area contributed by atoms with Crippen LogP contribution in [-0.4, -0.2) is 50.8 Å². The fourth-order valence-electron chi connectivity index (χ4n) is 4.34. The average Bonchev–Trinajstić information content (AvgIpc) is 2.98. The number of hydrogen-bond donors (Lipinski definition) is 0. The Balaban J connectivity index is 2.11. The van der Waals surface area contributed by atoms with Crippen LogP contribution in [-0.2, 0) is 24.7 Å². The molecule has 0 atom stereocenters. The fraction of sp³-hybridized carbons (Fsp3) is 0.417. The molecular formula is C24H30N6O2. The summed E-state index contributed by atoms with van der Waals surface area (Å²) in [6.07, 6.45) is 5.47. The summed E-state index contributed by atoms with van der Waals surface area (Å²) in [5.41, 5.74) is 4.16. The monoisotopic (exact) mass is 434 g/mol. The summed E-state index contributed by atoms with van der Waals surface area (Å²) in [6.45, 7) is 4.52. The van der Waals surface area contributed by atoms with Crippen LogP contribution in [0.15, 0.2) is 35.3 Å². The maximum absolute atomic E-state index is 13.5. The fourth-order valence-corrected chi connectivity index (χ4v) is 4.34. The maximum Gasteiger partial charge on any atom is 0.350 e. The number of carbonyl (C=O) groups is 1. The minimum absolute atomic E-state index is 0.107. The zero-order chi connectivity index (χ0) is 23.0. The Morgan fingerprint density at radius 1 is 1.06 bits per heavy atom. The number of anilines is 2. The number of aromatic nitrogens is 4. The summed E-state index contributed by atoms with van der Waals surface area (Å²) < 4.78 is 2.96. The number of hydrogen-bond acceptors (Lipinski definition) is 5. The van der Waals surface area contributed by atoms with Gasteiger partial charge in [0.2, 0.25) is 5.91 Å². The highest BCUT2D eigenvalue weighted by Gasteiger charge is 2.33. The van der Waals surface area contributed by atoms with Gasteiger partial charge in [0, 0.05) is 13.2 Å². The van der Waals surface area contributed by atoms with E-state index in [1.54, 1.807) is 28.8 Å². The highest BCUT2D eigenvalue weighted by atomic mass is 16.2. The van der Waals surface area contributed by atoms with E-state index >= 15 is 0 Å². The molecule has 0 spiro atoms. The van der Waals surface area contributed by atoms with Gasteiger partial charge in [0.25, 0.3) is 0 Å². The molecule has 0 fully saturated rings. The number of amides is 1. The van der Waals surface area contributed by atoms with Gasteiger partial charge in [0.15, 0.2) is 11.6 Å². The molecule has 0 saturated carbocycles. The van der Waals surface area contributed by atoms with Crippen molar-refractivity contribution in [2.75, 3.05) is 25.5 Å². The van der Waals surface area contributed by atoms with Crippen molar-refractivity contribution in [3.05, 3.63) is 52.1 Å². The largest absolute Gasteiger partial charge is 0.350 e. The second-order valence-electron chi connectivity index (χ2n) is 8.52. The third kappa shape index (κ3) is 3.64. The van der Waals surface area contributed by atoms with Crippen LogP contribution < -0.4 is 10.6 Å². The number of fused-ring (bicyclic) bond motifs is 5. The predicted molar refractivity (Wildman–Crippen MR) is 126 cm³/mol. The zero-order valence-electron chi connectivity index (χ0n) is 19.4. The van der Waals surface area contributed by atoms with Crippen molar-refractivity contribution in [1.82, 2.24) is 24.2 Å². The lowest BCUT2D eigenvalue weighted by Crippen LogP contribution is -2.36. The van der Waals surface area contributed by atoms with Crippen LogP contribution in [0.2, 0.25) is 0 Å². The van der Waals surface area contributed by atoms with E-state index in [1.165, 1.54) is 15.8 Å². The minimum Gasteiger partial charge on any atom is -0.301 e. The molecule has 1 aromatic carbocycles. The lowest BCUT2D eigenvalue weighted by molar-refractivity contribution is -0.118. The van der Waals surface area contributed by atoms with Crippen LogP contribution in [0.3, 0.4) is 0 Å². The van der Waals surface area contributed by atoms with Crippen molar-refractivity contribution in [1.29, 1.82) is 0 Å². The van der Waals surface area contributed by atoms with Crippen LogP contribution in [0.4, 0.5) is 11.5 Å². The van der Waals surface area contributed by atoms with Gasteiger partial charge in [-0.1, -0.05) is 26.7 Å². The zero-order valence-corrected chi connectivity index (χ0v) is 19.4. The molecule has 1 amide bonds. The molecular weight excluding hydrogens is 404 g/mol. The van der Waals surface area contributed by atoms with Gasteiger partial charge in [-0.25, -0.2) is 19.0 Å². The highest BCUT2D eigenvalue weighted by molar-refractivity contribution is 6.06. The molecule has 1 aliphatic heterocycles. The van der Waals surface area contributed by atoms with E-state index in [0.717, 1.165) is 25.7 Å². The van der Waals surface area contributed by atoms with Gasteiger partial charge in [-0.3, -0.25) is 9.69 Å². The summed E-state index contributed by atoms with van der Waals surface area (Å²) in [7, 11) is 5.38. The first-order valence-electron chi connectivity index (χ1n) is 11.1. The van der Waals surface area contributed by atoms with Crippen LogP contribution in [0.25, 0.3) is 17.1 Å². The molecule has 168 valence electrons. The topological polar surface area (TPSA) is 76.3 Å². The van der Waals surface area contributed by atoms with Crippen LogP contribution in [0.5, 0.6) is 0 Å². The molecule has 0 N–H and O–H groups in total. The highest BCUT2D eigenvalue weighted by Crippen LogP contribution is 2.41. The molecule has 0 saturated heterocycles. The number of aryl methyl sites for hydroxylation is 3. The van der Waals surface area contributed by atoms with E-state index in [9.17, 15) is 9.59 Å². The van der Waals surface area contributed by atoms with E-state index in [-0.39, 0.29) is 18.1 Å². The Morgan fingerprint density at radius 3 is 2.34 bits per heavy atom. The summed E-state index contributed by atoms with van der Waals surface area (Å²) in [6, 6.07) is 7.81. The van der Waals surface area contributed by atoms with E-state index in [4.69, 9.17) is 0 Å². The Morgan fingerprint density at radius 2 is 1.72 bits per heavy atom. The standard InChI is InChI=1S/C24H30N6O2/c1-6-9-16-13-19-20(14-17(16)10-7-2)30-23(26-28(5)24(30)32)18-11-8-12-25-22(18)29(19)21(31)15-27(3)4/h8,11-14H,6-7,9-10,15H2,1-5H3. The van der Waals surface area contributed by atoms with E-state index in [1.807, 2.05) is 25.1 Å². The molecule has 1 aliphatic rings. The van der Waals surface area contributed by atoms with Gasteiger partial charge in [0.1, 0.15) is 0 Å². The molecule has 0 radical (unpaired) electrons. The Bertz CT molecular complexity index is 1220. The lowest BCUT2D eigenvalue weighted by atomic mass is 9.97. The van der Waals surface area contributed by atoms with Crippen LogP contribution in [0.1, 0.15) is 37.8 Å². The Kier molecular flexibility index (Phi) is 5.97. The van der Waals surface area contributed by atoms with E-state index < -0.39 is 0 Å². The van der Waals surface area contributed by atoms with E-state index in [0.29, 0.717) is 28.6 Å². The smallest absolute Gasteiger partial charge is 0.301 e. The lowest BCUT2D eigenvalue weighted by Gasteiger charge is -2.26. The van der Waals surface area contributed by atoms with Gasteiger partial charge < -0.3 is 4.90 Å². The third-order valence-electron chi connectivity index (χ3n) is 5.68. The third-order valence-corrected chi connectivity index (χ3v) is 5.68. The quantitative estimate of drug-likeness (QED) is 0.596. The molecule has 3 aromatic rings. The molecule has 8 heteroatoms. The number of pyridine rings is 1. The van der Waals surface area contributed by atoms with Gasteiger partial charge in [-0.05, 0) is 62.3 Å². The number of likely N-dealkylation sites (N-methyl/N-ethyl adjacent to an activating group) is 1. The first-order chi connectivity index (χ1) is 15.4. The number of carbonyl (C=O) groups excluding carboxylic acids is 1. The molecule has 3 heterocycles. The number of nitrogens with zero attached hydrogens (tertiary/aromatic N) is 6. The van der Waals surface area contributed by atoms with Crippen molar-refractivity contribution < 1.29 is 4.79 Å². The predicted octanol–water partition coefficient (Wildman–Crippen LogP) is 3.08. The van der Waals surface area contributed by atoms with Crippen molar-refractivity contribution in [3.8, 4) is 17.1 Å². The summed E-state index contributed by atoms with van der Waals surface area (Å²) >= 11 is 0. The molecule has 4 rings (SSSR count). The molecule has 2 aromatic heterocycles. The van der Waals surface area contributed by atoms with Crippen LogP contribution >= 0.6 is 0 Å². The minimum atomic E-state index is -0.247. The summed E-state index contributed by atoms with van der Waals surface area (Å²) in [5, 5.41) is 4.52. The average molecular weight is 435 g/mol.